The lowest BCUT2D eigenvalue weighted by atomic mass is 10.1. The number of aromatic nitrogens is 1. The summed E-state index contributed by atoms with van der Waals surface area (Å²) in [6.07, 6.45) is 3.28. The Balaban J connectivity index is 1.69. The number of fused-ring (bicyclic) bond motifs is 1. The summed E-state index contributed by atoms with van der Waals surface area (Å²) in [5.74, 6) is 0.436. The van der Waals surface area contributed by atoms with Gasteiger partial charge >= 0.3 is 0 Å². The zero-order valence-electron chi connectivity index (χ0n) is 11.7. The number of nitrogens with zero attached hydrogens (tertiary/aromatic N) is 1. The Bertz CT molecular complexity index is 662. The van der Waals surface area contributed by atoms with Crippen molar-refractivity contribution in [2.75, 3.05) is 12.4 Å². The summed E-state index contributed by atoms with van der Waals surface area (Å²) < 4.78 is 0. The van der Waals surface area contributed by atoms with Gasteiger partial charge in [-0.2, -0.15) is 0 Å². The maximum Gasteiger partial charge on any atom is 0.253 e. The summed E-state index contributed by atoms with van der Waals surface area (Å²) in [6.45, 7) is 0. The van der Waals surface area contributed by atoms with Crippen molar-refractivity contribution in [3.8, 4) is 0 Å². The topological polar surface area (TPSA) is 54.0 Å². The Hall–Kier alpha value is -2.07. The van der Waals surface area contributed by atoms with Crippen LogP contribution in [0.25, 0.3) is 0 Å². The van der Waals surface area contributed by atoms with Gasteiger partial charge in [0.05, 0.1) is 10.6 Å². The van der Waals surface area contributed by atoms with Gasteiger partial charge in [-0.3, -0.25) is 4.79 Å². The second-order valence-corrected chi connectivity index (χ2v) is 5.56. The summed E-state index contributed by atoms with van der Waals surface area (Å²) in [6, 6.07) is 10.1. The molecule has 0 fully saturated rings. The van der Waals surface area contributed by atoms with Crippen LogP contribution >= 0.6 is 11.6 Å². The molecule has 2 aromatic rings. The maximum absolute atomic E-state index is 12.3. The molecule has 21 heavy (non-hydrogen) atoms. The molecule has 2 N–H and O–H groups in total. The molecule has 1 aromatic heterocycles. The van der Waals surface area contributed by atoms with Crippen molar-refractivity contribution >= 4 is 23.3 Å². The first-order valence-electron chi connectivity index (χ1n) is 6.88. The van der Waals surface area contributed by atoms with E-state index in [4.69, 9.17) is 11.6 Å². The van der Waals surface area contributed by atoms with Crippen LogP contribution in [0.15, 0.2) is 36.5 Å². The Morgan fingerprint density at radius 3 is 2.52 bits per heavy atom. The number of hydrogen-bond donors (Lipinski definition) is 2. The zero-order valence-corrected chi connectivity index (χ0v) is 12.4. The van der Waals surface area contributed by atoms with Crippen molar-refractivity contribution < 1.29 is 4.79 Å². The van der Waals surface area contributed by atoms with Crippen LogP contribution in [0.3, 0.4) is 0 Å². The summed E-state index contributed by atoms with van der Waals surface area (Å²) in [5.41, 5.74) is 3.10. The number of carbonyl (C=O) groups is 1. The Morgan fingerprint density at radius 1 is 1.29 bits per heavy atom. The van der Waals surface area contributed by atoms with E-state index in [2.05, 4.69) is 27.8 Å². The summed E-state index contributed by atoms with van der Waals surface area (Å²) >= 11 is 6.06. The van der Waals surface area contributed by atoms with Gasteiger partial charge in [-0.1, -0.05) is 35.9 Å². The van der Waals surface area contributed by atoms with Crippen LogP contribution in [-0.4, -0.2) is 24.0 Å². The van der Waals surface area contributed by atoms with E-state index in [-0.39, 0.29) is 11.9 Å². The molecule has 0 bridgehead atoms. The molecular formula is C16H16ClN3O. The number of nitrogens with one attached hydrogen (secondary N) is 2. The zero-order chi connectivity index (χ0) is 14.8. The van der Waals surface area contributed by atoms with E-state index < -0.39 is 0 Å². The predicted octanol–water partition coefficient (Wildman–Crippen LogP) is 2.67. The second-order valence-electron chi connectivity index (χ2n) is 5.15. The number of anilines is 1. The monoisotopic (exact) mass is 301 g/mol. The number of pyridine rings is 1. The van der Waals surface area contributed by atoms with Crippen LogP contribution in [0.5, 0.6) is 0 Å². The summed E-state index contributed by atoms with van der Waals surface area (Å²) in [4.78, 5) is 16.4. The van der Waals surface area contributed by atoms with E-state index in [1.54, 1.807) is 13.1 Å². The van der Waals surface area contributed by atoms with Gasteiger partial charge in [0.25, 0.3) is 5.91 Å². The quantitative estimate of drug-likeness (QED) is 0.916. The van der Waals surface area contributed by atoms with E-state index in [0.29, 0.717) is 16.4 Å². The van der Waals surface area contributed by atoms with Gasteiger partial charge in [-0.25, -0.2) is 4.98 Å². The normalized spacial score (nSPS) is 13.8. The standard InChI is InChI=1S/C16H16ClN3O/c1-18-15-14(17)8-12(9-19-15)16(21)20-13-6-10-4-2-3-5-11(10)7-13/h2-5,8-9,13H,6-7H2,1H3,(H,18,19)(H,20,21). The highest BCUT2D eigenvalue weighted by Crippen LogP contribution is 2.23. The lowest BCUT2D eigenvalue weighted by molar-refractivity contribution is 0.0938. The molecule has 1 aliphatic rings. The largest absolute Gasteiger partial charge is 0.372 e. The van der Waals surface area contributed by atoms with Crippen LogP contribution in [0.1, 0.15) is 21.5 Å². The molecule has 5 heteroatoms. The fraction of sp³-hybridized carbons (Fsp3) is 0.250. The number of hydrogen-bond acceptors (Lipinski definition) is 3. The Kier molecular flexibility index (Phi) is 3.80. The van der Waals surface area contributed by atoms with Crippen LogP contribution in [0.4, 0.5) is 5.82 Å². The van der Waals surface area contributed by atoms with Crippen molar-refractivity contribution in [1.29, 1.82) is 0 Å². The molecule has 3 rings (SSSR count). The van der Waals surface area contributed by atoms with Crippen molar-refractivity contribution in [3.05, 3.63) is 58.2 Å². The van der Waals surface area contributed by atoms with Crippen molar-refractivity contribution in [3.63, 3.8) is 0 Å². The number of amides is 1. The molecular weight excluding hydrogens is 286 g/mol. The molecule has 0 radical (unpaired) electrons. The fourth-order valence-corrected chi connectivity index (χ4v) is 2.94. The molecule has 0 atom stereocenters. The third-order valence-electron chi connectivity index (χ3n) is 3.73. The number of carbonyl (C=O) groups excluding carboxylic acids is 1. The number of benzene rings is 1. The number of halogens is 1. The molecule has 1 aromatic carbocycles. The van der Waals surface area contributed by atoms with Crippen molar-refractivity contribution in [2.45, 2.75) is 18.9 Å². The van der Waals surface area contributed by atoms with Gasteiger partial charge < -0.3 is 10.6 Å². The summed E-state index contributed by atoms with van der Waals surface area (Å²) in [7, 11) is 1.74. The Labute approximate surface area is 128 Å². The smallest absolute Gasteiger partial charge is 0.253 e. The van der Waals surface area contributed by atoms with Crippen molar-refractivity contribution in [1.82, 2.24) is 10.3 Å². The van der Waals surface area contributed by atoms with E-state index in [1.165, 1.54) is 17.3 Å². The highest BCUT2D eigenvalue weighted by molar-refractivity contribution is 6.33. The lowest BCUT2D eigenvalue weighted by Gasteiger charge is -2.12. The lowest BCUT2D eigenvalue weighted by Crippen LogP contribution is -2.35. The highest BCUT2D eigenvalue weighted by atomic mass is 35.5. The first-order chi connectivity index (χ1) is 10.2. The molecule has 1 amide bonds. The minimum Gasteiger partial charge on any atom is -0.372 e. The average Bonchev–Trinajstić information content (AvgIpc) is 2.89. The minimum atomic E-state index is -0.134. The molecule has 4 nitrogen and oxygen atoms in total. The van der Waals surface area contributed by atoms with Crippen LogP contribution in [0.2, 0.25) is 5.02 Å². The molecule has 0 unspecified atom stereocenters. The molecule has 1 aliphatic carbocycles. The second kappa shape index (κ2) is 5.74. The molecule has 0 spiro atoms. The molecule has 0 saturated heterocycles. The van der Waals surface area contributed by atoms with Gasteiger partial charge in [0, 0.05) is 19.3 Å². The Morgan fingerprint density at radius 2 is 1.95 bits per heavy atom. The van der Waals surface area contributed by atoms with E-state index in [0.717, 1.165) is 12.8 Å². The first kappa shape index (κ1) is 13.9. The third-order valence-corrected chi connectivity index (χ3v) is 4.01. The molecule has 0 saturated carbocycles. The SMILES string of the molecule is CNc1ncc(C(=O)NC2Cc3ccccc3C2)cc1Cl. The molecule has 1 heterocycles. The van der Waals surface area contributed by atoms with Crippen LogP contribution in [-0.2, 0) is 12.8 Å². The van der Waals surface area contributed by atoms with Crippen molar-refractivity contribution in [2.24, 2.45) is 0 Å². The van der Waals surface area contributed by atoms with Gasteiger partial charge in [-0.15, -0.1) is 0 Å². The first-order valence-corrected chi connectivity index (χ1v) is 7.26. The summed E-state index contributed by atoms with van der Waals surface area (Å²) in [5, 5.41) is 6.36. The predicted molar refractivity (Wildman–Crippen MR) is 83.9 cm³/mol. The fourth-order valence-electron chi connectivity index (χ4n) is 2.68. The molecule has 108 valence electrons. The minimum absolute atomic E-state index is 0.134. The average molecular weight is 302 g/mol. The van der Waals surface area contributed by atoms with Gasteiger partial charge in [-0.05, 0) is 30.0 Å². The van der Waals surface area contributed by atoms with E-state index in [9.17, 15) is 4.79 Å². The van der Waals surface area contributed by atoms with Gasteiger partial charge in [0.15, 0.2) is 0 Å². The van der Waals surface area contributed by atoms with Gasteiger partial charge in [0.1, 0.15) is 5.82 Å². The van der Waals surface area contributed by atoms with Gasteiger partial charge in [0.2, 0.25) is 0 Å². The van der Waals surface area contributed by atoms with E-state index in [1.807, 2.05) is 12.1 Å². The highest BCUT2D eigenvalue weighted by Gasteiger charge is 2.23. The van der Waals surface area contributed by atoms with Crippen LogP contribution in [0, 0.1) is 0 Å². The maximum atomic E-state index is 12.3. The third kappa shape index (κ3) is 2.85. The van der Waals surface area contributed by atoms with Crippen LogP contribution < -0.4 is 10.6 Å². The van der Waals surface area contributed by atoms with E-state index >= 15 is 0 Å². The number of rotatable bonds is 3. The molecule has 0 aliphatic heterocycles.